The van der Waals surface area contributed by atoms with Gasteiger partial charge in [-0.3, -0.25) is 10.3 Å². The van der Waals surface area contributed by atoms with Crippen LogP contribution in [-0.2, 0) is 17.9 Å². The van der Waals surface area contributed by atoms with E-state index < -0.39 is 6.09 Å². The number of aromatic hydroxyl groups is 1. The number of aliphatic imine (C=N–C) groups is 1. The van der Waals surface area contributed by atoms with Crippen molar-refractivity contribution in [2.45, 2.75) is 13.2 Å². The smallest absolute Gasteiger partial charge is 0.411 e. The molecule has 0 aliphatic rings. The minimum Gasteiger partial charge on any atom is -0.508 e. The van der Waals surface area contributed by atoms with E-state index in [1.165, 1.54) is 0 Å². The number of carbonyl (C=O) groups is 1. The maximum atomic E-state index is 12.2. The topological polar surface area (TPSA) is 70.9 Å². The van der Waals surface area contributed by atoms with Crippen LogP contribution in [0.3, 0.4) is 0 Å². The van der Waals surface area contributed by atoms with Crippen molar-refractivity contribution in [3.05, 3.63) is 108 Å². The number of nitrogens with zero attached hydrogens (tertiary/aromatic N) is 1. The van der Waals surface area contributed by atoms with E-state index in [1.54, 1.807) is 18.3 Å². The average Bonchev–Trinajstić information content (AvgIpc) is 2.81. The number of phenols is 1. The molecule has 4 rings (SSSR count). The van der Waals surface area contributed by atoms with Gasteiger partial charge in [-0.15, -0.1) is 0 Å². The van der Waals surface area contributed by atoms with E-state index in [-0.39, 0.29) is 12.4 Å². The number of hydrogen-bond acceptors (Lipinski definition) is 4. The zero-order valence-corrected chi connectivity index (χ0v) is 16.9. The number of nitrogens with one attached hydrogen (secondary N) is 1. The molecule has 0 saturated heterocycles. The first-order chi connectivity index (χ1) is 15.2. The van der Waals surface area contributed by atoms with Crippen molar-refractivity contribution in [2.75, 3.05) is 5.32 Å². The maximum absolute atomic E-state index is 12.2. The number of amides is 1. The summed E-state index contributed by atoms with van der Waals surface area (Å²) < 4.78 is 5.30. The standard InChI is InChI=1S/C26H22N2O3/c29-25-15-14-20-10-4-6-12-22(20)23(25)17-27-16-21-11-5-7-13-24(21)28-26(30)31-18-19-8-2-1-3-9-19/h1-16,29H,17-18H2,(H,28,30). The molecule has 5 nitrogen and oxygen atoms in total. The first kappa shape index (κ1) is 20.2. The van der Waals surface area contributed by atoms with Crippen molar-refractivity contribution in [1.82, 2.24) is 0 Å². The number of fused-ring (bicyclic) bond motifs is 1. The Morgan fingerprint density at radius 2 is 1.65 bits per heavy atom. The highest BCUT2D eigenvalue weighted by Gasteiger charge is 2.08. The van der Waals surface area contributed by atoms with Crippen LogP contribution in [0.2, 0.25) is 0 Å². The number of ether oxygens (including phenoxy) is 1. The molecule has 4 aromatic carbocycles. The first-order valence-corrected chi connectivity index (χ1v) is 9.97. The highest BCUT2D eigenvalue weighted by Crippen LogP contribution is 2.27. The van der Waals surface area contributed by atoms with Gasteiger partial charge in [0.2, 0.25) is 0 Å². The van der Waals surface area contributed by atoms with Gasteiger partial charge in [-0.1, -0.05) is 78.9 Å². The van der Waals surface area contributed by atoms with Crippen LogP contribution < -0.4 is 5.32 Å². The molecule has 0 unspecified atom stereocenters. The van der Waals surface area contributed by atoms with Gasteiger partial charge in [-0.05, 0) is 28.5 Å². The molecule has 0 atom stereocenters. The summed E-state index contributed by atoms with van der Waals surface area (Å²) in [6.45, 7) is 0.517. The summed E-state index contributed by atoms with van der Waals surface area (Å²) >= 11 is 0. The molecule has 0 aliphatic carbocycles. The summed E-state index contributed by atoms with van der Waals surface area (Å²) in [7, 11) is 0. The average molecular weight is 410 g/mol. The van der Waals surface area contributed by atoms with Crippen molar-refractivity contribution in [3.8, 4) is 5.75 Å². The molecule has 0 aliphatic heterocycles. The lowest BCUT2D eigenvalue weighted by Gasteiger charge is -2.10. The van der Waals surface area contributed by atoms with Crippen molar-refractivity contribution in [1.29, 1.82) is 0 Å². The van der Waals surface area contributed by atoms with Crippen LogP contribution in [0.4, 0.5) is 10.5 Å². The van der Waals surface area contributed by atoms with E-state index in [1.807, 2.05) is 78.9 Å². The Hall–Kier alpha value is -4.12. The summed E-state index contributed by atoms with van der Waals surface area (Å²) in [6, 6.07) is 28.3. The summed E-state index contributed by atoms with van der Waals surface area (Å²) in [5.74, 6) is 0.215. The number of anilines is 1. The number of carbonyl (C=O) groups excluding carboxylic acids is 1. The van der Waals surface area contributed by atoms with Crippen molar-refractivity contribution in [3.63, 3.8) is 0 Å². The molecular formula is C26H22N2O3. The molecule has 0 spiro atoms. The van der Waals surface area contributed by atoms with Gasteiger partial charge in [0.05, 0.1) is 12.2 Å². The van der Waals surface area contributed by atoms with Gasteiger partial charge in [-0.25, -0.2) is 4.79 Å². The molecule has 2 N–H and O–H groups in total. The molecule has 0 heterocycles. The second-order valence-electron chi connectivity index (χ2n) is 7.03. The lowest BCUT2D eigenvalue weighted by atomic mass is 10.0. The van der Waals surface area contributed by atoms with Crippen LogP contribution >= 0.6 is 0 Å². The van der Waals surface area contributed by atoms with Gasteiger partial charge >= 0.3 is 6.09 Å². The van der Waals surface area contributed by atoms with Crippen LogP contribution in [0.15, 0.2) is 96.0 Å². The van der Waals surface area contributed by atoms with Gasteiger partial charge < -0.3 is 9.84 Å². The zero-order chi connectivity index (χ0) is 21.5. The largest absolute Gasteiger partial charge is 0.508 e. The molecule has 0 bridgehead atoms. The highest BCUT2D eigenvalue weighted by atomic mass is 16.5. The summed E-state index contributed by atoms with van der Waals surface area (Å²) in [5.41, 5.74) is 3.04. The van der Waals surface area contributed by atoms with E-state index >= 15 is 0 Å². The third-order valence-electron chi connectivity index (χ3n) is 4.91. The number of hydrogen-bond donors (Lipinski definition) is 2. The minimum atomic E-state index is -0.531. The second kappa shape index (κ2) is 9.59. The monoisotopic (exact) mass is 410 g/mol. The number of para-hydroxylation sites is 1. The van der Waals surface area contributed by atoms with Gasteiger partial charge in [0.25, 0.3) is 0 Å². The summed E-state index contributed by atoms with van der Waals surface area (Å²) in [6.07, 6.45) is 1.16. The Morgan fingerprint density at radius 1 is 0.903 bits per heavy atom. The van der Waals surface area contributed by atoms with Gasteiger partial charge in [0, 0.05) is 17.3 Å². The molecule has 0 saturated carbocycles. The molecule has 1 amide bonds. The highest BCUT2D eigenvalue weighted by molar-refractivity contribution is 5.95. The molecule has 0 radical (unpaired) electrons. The molecule has 4 aromatic rings. The summed E-state index contributed by atoms with van der Waals surface area (Å²) in [4.78, 5) is 16.7. The summed E-state index contributed by atoms with van der Waals surface area (Å²) in [5, 5.41) is 15.1. The van der Waals surface area contributed by atoms with Gasteiger partial charge in [0.15, 0.2) is 0 Å². The van der Waals surface area contributed by atoms with E-state index in [9.17, 15) is 9.90 Å². The predicted octanol–water partition coefficient (Wildman–Crippen LogP) is 5.91. The van der Waals surface area contributed by atoms with E-state index in [0.29, 0.717) is 12.2 Å². The van der Waals surface area contributed by atoms with Crippen LogP contribution in [0.25, 0.3) is 10.8 Å². The normalized spacial score (nSPS) is 11.0. The van der Waals surface area contributed by atoms with Gasteiger partial charge in [0.1, 0.15) is 12.4 Å². The molecule has 154 valence electrons. The fourth-order valence-corrected chi connectivity index (χ4v) is 3.32. The zero-order valence-electron chi connectivity index (χ0n) is 16.9. The quantitative estimate of drug-likeness (QED) is 0.388. The van der Waals surface area contributed by atoms with Crippen LogP contribution in [0.5, 0.6) is 5.75 Å². The lowest BCUT2D eigenvalue weighted by Crippen LogP contribution is -2.14. The van der Waals surface area contributed by atoms with E-state index in [4.69, 9.17) is 4.74 Å². The predicted molar refractivity (Wildman–Crippen MR) is 124 cm³/mol. The van der Waals surface area contributed by atoms with E-state index in [0.717, 1.165) is 27.5 Å². The fraction of sp³-hybridized carbons (Fsp3) is 0.0769. The second-order valence-corrected chi connectivity index (χ2v) is 7.03. The van der Waals surface area contributed by atoms with E-state index in [2.05, 4.69) is 10.3 Å². The van der Waals surface area contributed by atoms with Crippen molar-refractivity contribution < 1.29 is 14.6 Å². The Balaban J connectivity index is 1.45. The Labute approximate surface area is 180 Å². The lowest BCUT2D eigenvalue weighted by molar-refractivity contribution is 0.155. The van der Waals surface area contributed by atoms with Crippen molar-refractivity contribution >= 4 is 28.8 Å². The van der Waals surface area contributed by atoms with Crippen LogP contribution in [-0.4, -0.2) is 17.4 Å². The van der Waals surface area contributed by atoms with Gasteiger partial charge in [-0.2, -0.15) is 0 Å². The third kappa shape index (κ3) is 5.08. The molecule has 0 fully saturated rings. The Morgan fingerprint density at radius 3 is 2.52 bits per heavy atom. The van der Waals surface area contributed by atoms with Crippen molar-refractivity contribution in [2.24, 2.45) is 4.99 Å². The molecular weight excluding hydrogens is 388 g/mol. The number of rotatable bonds is 6. The number of benzene rings is 4. The molecule has 5 heteroatoms. The number of phenolic OH excluding ortho intramolecular Hbond substituents is 1. The van der Waals surface area contributed by atoms with Crippen LogP contribution in [0, 0.1) is 0 Å². The first-order valence-electron chi connectivity index (χ1n) is 9.97. The maximum Gasteiger partial charge on any atom is 0.411 e. The Kier molecular flexibility index (Phi) is 6.24. The Bertz CT molecular complexity index is 1220. The third-order valence-corrected chi connectivity index (χ3v) is 4.91. The fourth-order valence-electron chi connectivity index (χ4n) is 3.32. The SMILES string of the molecule is O=C(Nc1ccccc1C=NCc1c(O)ccc2ccccc12)OCc1ccccc1. The minimum absolute atomic E-state index is 0.198. The molecule has 0 aromatic heterocycles. The van der Waals surface area contributed by atoms with Crippen LogP contribution in [0.1, 0.15) is 16.7 Å². The molecule has 31 heavy (non-hydrogen) atoms.